The van der Waals surface area contributed by atoms with Crippen molar-refractivity contribution in [2.24, 2.45) is 0 Å². The van der Waals surface area contributed by atoms with E-state index in [0.717, 1.165) is 5.56 Å². The van der Waals surface area contributed by atoms with Gasteiger partial charge in [0.25, 0.3) is 5.91 Å². The minimum absolute atomic E-state index is 0.126. The molecule has 0 spiro atoms. The van der Waals surface area contributed by atoms with Crippen LogP contribution in [0.15, 0.2) is 66.0 Å². The zero-order chi connectivity index (χ0) is 21.5. The highest BCUT2D eigenvalue weighted by Gasteiger charge is 2.21. The van der Waals surface area contributed by atoms with E-state index in [2.05, 4.69) is 5.32 Å². The second-order valence-corrected chi connectivity index (χ2v) is 7.41. The predicted octanol–water partition coefficient (Wildman–Crippen LogP) is 4.02. The van der Waals surface area contributed by atoms with E-state index < -0.39 is 18.5 Å². The Morgan fingerprint density at radius 1 is 0.967 bits per heavy atom. The van der Waals surface area contributed by atoms with Gasteiger partial charge >= 0.3 is 5.97 Å². The van der Waals surface area contributed by atoms with Gasteiger partial charge in [-0.15, -0.1) is 11.3 Å². The molecule has 0 fully saturated rings. The zero-order valence-electron chi connectivity index (χ0n) is 16.6. The molecule has 2 aromatic carbocycles. The smallest absolute Gasteiger partial charge is 0.339 e. The zero-order valence-corrected chi connectivity index (χ0v) is 17.4. The van der Waals surface area contributed by atoms with Crippen LogP contribution in [0.3, 0.4) is 0 Å². The standard InChI is InChI=1S/C23H21NO5S/c1-15(16-8-5-6-11-19(16)28-2)24-21(25)14-29-23(27)18-10-4-3-9-17(18)22(26)20-12-7-13-30-20/h3-13,15H,14H2,1-2H3,(H,24,25). The van der Waals surface area contributed by atoms with Gasteiger partial charge in [-0.1, -0.05) is 42.5 Å². The Balaban J connectivity index is 1.63. The van der Waals surface area contributed by atoms with Crippen LogP contribution in [-0.2, 0) is 9.53 Å². The number of ketones is 1. The number of amides is 1. The molecule has 1 heterocycles. The highest BCUT2D eigenvalue weighted by molar-refractivity contribution is 7.12. The molecule has 7 heteroatoms. The van der Waals surface area contributed by atoms with Gasteiger partial charge in [0.05, 0.1) is 23.6 Å². The molecule has 0 radical (unpaired) electrons. The first-order valence-electron chi connectivity index (χ1n) is 9.28. The Morgan fingerprint density at radius 3 is 2.37 bits per heavy atom. The molecule has 6 nitrogen and oxygen atoms in total. The molecule has 30 heavy (non-hydrogen) atoms. The number of ether oxygens (including phenoxy) is 2. The fourth-order valence-corrected chi connectivity index (χ4v) is 3.67. The van der Waals surface area contributed by atoms with Gasteiger partial charge in [-0.2, -0.15) is 0 Å². The molecule has 0 aliphatic heterocycles. The maximum Gasteiger partial charge on any atom is 0.339 e. The number of carbonyl (C=O) groups is 3. The minimum atomic E-state index is -0.726. The van der Waals surface area contributed by atoms with Gasteiger partial charge in [-0.05, 0) is 30.5 Å². The second-order valence-electron chi connectivity index (χ2n) is 6.46. The Kier molecular flexibility index (Phi) is 6.98. The van der Waals surface area contributed by atoms with Gasteiger partial charge in [-0.25, -0.2) is 4.79 Å². The second kappa shape index (κ2) is 9.84. The van der Waals surface area contributed by atoms with Crippen molar-refractivity contribution in [3.05, 3.63) is 87.6 Å². The van der Waals surface area contributed by atoms with Crippen LogP contribution >= 0.6 is 11.3 Å². The van der Waals surface area contributed by atoms with Crippen molar-refractivity contribution in [1.82, 2.24) is 5.32 Å². The van der Waals surface area contributed by atoms with Crippen LogP contribution in [0.5, 0.6) is 5.75 Å². The molecule has 1 N–H and O–H groups in total. The Morgan fingerprint density at radius 2 is 1.67 bits per heavy atom. The summed E-state index contributed by atoms with van der Waals surface area (Å²) in [6.45, 7) is 1.35. The average molecular weight is 423 g/mol. The van der Waals surface area contributed by atoms with E-state index in [0.29, 0.717) is 10.6 Å². The van der Waals surface area contributed by atoms with Crippen LogP contribution in [0.2, 0.25) is 0 Å². The van der Waals surface area contributed by atoms with Crippen LogP contribution in [0.4, 0.5) is 0 Å². The van der Waals surface area contributed by atoms with Crippen molar-refractivity contribution in [3.8, 4) is 5.75 Å². The number of hydrogen-bond donors (Lipinski definition) is 1. The first-order valence-corrected chi connectivity index (χ1v) is 10.2. The summed E-state index contributed by atoms with van der Waals surface area (Å²) >= 11 is 1.30. The molecular formula is C23H21NO5S. The normalized spacial score (nSPS) is 11.4. The summed E-state index contributed by atoms with van der Waals surface area (Å²) in [5.74, 6) is -0.783. The van der Waals surface area contributed by atoms with Crippen molar-refractivity contribution >= 4 is 29.0 Å². The third-order valence-corrected chi connectivity index (χ3v) is 5.32. The minimum Gasteiger partial charge on any atom is -0.496 e. The number of carbonyl (C=O) groups excluding carboxylic acids is 3. The van der Waals surface area contributed by atoms with E-state index in [1.54, 1.807) is 48.9 Å². The molecule has 1 aromatic heterocycles. The number of nitrogens with one attached hydrogen (secondary N) is 1. The third-order valence-electron chi connectivity index (χ3n) is 4.45. The largest absolute Gasteiger partial charge is 0.496 e. The van der Waals surface area contributed by atoms with E-state index in [-0.39, 0.29) is 23.0 Å². The van der Waals surface area contributed by atoms with Crippen LogP contribution in [0.1, 0.15) is 44.1 Å². The summed E-state index contributed by atoms with van der Waals surface area (Å²) in [6, 6.07) is 16.9. The van der Waals surface area contributed by atoms with Gasteiger partial charge in [0.1, 0.15) is 5.75 Å². The maximum atomic E-state index is 12.6. The fourth-order valence-electron chi connectivity index (χ4n) is 2.99. The predicted molar refractivity (Wildman–Crippen MR) is 114 cm³/mol. The van der Waals surface area contributed by atoms with Gasteiger partial charge in [0.15, 0.2) is 6.61 Å². The SMILES string of the molecule is COc1ccccc1C(C)NC(=O)COC(=O)c1ccccc1C(=O)c1cccs1. The summed E-state index contributed by atoms with van der Waals surface area (Å²) in [5.41, 5.74) is 1.18. The van der Waals surface area contributed by atoms with E-state index in [1.807, 2.05) is 25.1 Å². The number of thiophene rings is 1. The lowest BCUT2D eigenvalue weighted by Gasteiger charge is -2.17. The Hall–Kier alpha value is -3.45. The number of rotatable bonds is 8. The lowest BCUT2D eigenvalue weighted by atomic mass is 10.0. The maximum absolute atomic E-state index is 12.6. The molecule has 0 aliphatic carbocycles. The molecule has 0 saturated heterocycles. The molecule has 0 saturated carbocycles. The van der Waals surface area contributed by atoms with Crippen molar-refractivity contribution in [3.63, 3.8) is 0 Å². The van der Waals surface area contributed by atoms with Gasteiger partial charge in [0.2, 0.25) is 5.78 Å². The van der Waals surface area contributed by atoms with E-state index >= 15 is 0 Å². The molecule has 0 aliphatic rings. The highest BCUT2D eigenvalue weighted by atomic mass is 32.1. The molecule has 1 atom stereocenters. The van der Waals surface area contributed by atoms with Crippen molar-refractivity contribution in [1.29, 1.82) is 0 Å². The number of hydrogen-bond acceptors (Lipinski definition) is 6. The lowest BCUT2D eigenvalue weighted by Crippen LogP contribution is -2.31. The van der Waals surface area contributed by atoms with Crippen LogP contribution < -0.4 is 10.1 Å². The van der Waals surface area contributed by atoms with Crippen LogP contribution in [0, 0.1) is 0 Å². The van der Waals surface area contributed by atoms with Gasteiger partial charge < -0.3 is 14.8 Å². The summed E-state index contributed by atoms with van der Waals surface area (Å²) < 4.78 is 10.5. The van der Waals surface area contributed by atoms with Crippen molar-refractivity contribution in [2.75, 3.05) is 13.7 Å². The summed E-state index contributed by atoms with van der Waals surface area (Å²) in [4.78, 5) is 38.0. The van der Waals surface area contributed by atoms with Gasteiger partial charge in [-0.3, -0.25) is 9.59 Å². The molecule has 154 valence electrons. The highest BCUT2D eigenvalue weighted by Crippen LogP contribution is 2.24. The number of esters is 1. The summed E-state index contributed by atoms with van der Waals surface area (Å²) in [7, 11) is 1.56. The fraction of sp³-hybridized carbons (Fsp3) is 0.174. The molecule has 3 rings (SSSR count). The Labute approximate surface area is 178 Å². The topological polar surface area (TPSA) is 81.7 Å². The van der Waals surface area contributed by atoms with E-state index in [4.69, 9.17) is 9.47 Å². The number of benzene rings is 2. The Bertz CT molecular complexity index is 1050. The molecule has 1 unspecified atom stereocenters. The monoisotopic (exact) mass is 423 g/mol. The average Bonchev–Trinajstić information content (AvgIpc) is 3.32. The van der Waals surface area contributed by atoms with Gasteiger partial charge in [0, 0.05) is 11.1 Å². The first kappa shape index (κ1) is 21.3. The van der Waals surface area contributed by atoms with Crippen LogP contribution in [0.25, 0.3) is 0 Å². The van der Waals surface area contributed by atoms with Crippen LogP contribution in [-0.4, -0.2) is 31.4 Å². The summed E-state index contributed by atoms with van der Waals surface area (Å²) in [6.07, 6.45) is 0. The molecule has 0 bridgehead atoms. The van der Waals surface area contributed by atoms with Crippen molar-refractivity contribution < 1.29 is 23.9 Å². The van der Waals surface area contributed by atoms with Crippen molar-refractivity contribution in [2.45, 2.75) is 13.0 Å². The first-order chi connectivity index (χ1) is 14.5. The van der Waals surface area contributed by atoms with E-state index in [9.17, 15) is 14.4 Å². The number of para-hydroxylation sites is 1. The summed E-state index contributed by atoms with van der Waals surface area (Å²) in [5, 5.41) is 4.57. The molecule has 1 amide bonds. The molecule has 3 aromatic rings. The molecular weight excluding hydrogens is 402 g/mol. The lowest BCUT2D eigenvalue weighted by molar-refractivity contribution is -0.124. The quantitative estimate of drug-likeness (QED) is 0.437. The third kappa shape index (κ3) is 4.93. The number of methoxy groups -OCH3 is 1. The van der Waals surface area contributed by atoms with E-state index in [1.165, 1.54) is 17.4 Å².